The second-order valence-electron chi connectivity index (χ2n) is 4.46. The fourth-order valence-corrected chi connectivity index (χ4v) is 2.24. The molecule has 0 aliphatic rings. The van der Waals surface area contributed by atoms with Crippen LogP contribution in [0.1, 0.15) is 13.8 Å². The van der Waals surface area contributed by atoms with Crippen LogP contribution in [0, 0.1) is 0 Å². The van der Waals surface area contributed by atoms with Crippen molar-refractivity contribution in [1.82, 2.24) is 10.2 Å². The molecule has 0 bridgehead atoms. The minimum absolute atomic E-state index is 0.235. The number of hydrogen-bond acceptors (Lipinski definition) is 5. The van der Waals surface area contributed by atoms with Gasteiger partial charge in [0, 0.05) is 33.3 Å². The van der Waals surface area contributed by atoms with Crippen molar-refractivity contribution in [2.45, 2.75) is 19.1 Å². The highest BCUT2D eigenvalue weighted by atomic mass is 32.2. The summed E-state index contributed by atoms with van der Waals surface area (Å²) in [6.45, 7) is 7.26. The van der Waals surface area contributed by atoms with Gasteiger partial charge < -0.3 is 15.0 Å². The third-order valence-corrected chi connectivity index (χ3v) is 4.82. The van der Waals surface area contributed by atoms with E-state index in [0.717, 1.165) is 19.6 Å². The smallest absolute Gasteiger partial charge is 0.153 e. The van der Waals surface area contributed by atoms with Crippen LogP contribution in [-0.2, 0) is 14.6 Å². The molecule has 0 aromatic heterocycles. The molecule has 0 rings (SSSR count). The van der Waals surface area contributed by atoms with E-state index in [-0.39, 0.29) is 11.0 Å². The lowest BCUT2D eigenvalue weighted by Gasteiger charge is -2.17. The van der Waals surface area contributed by atoms with Crippen LogP contribution in [0.4, 0.5) is 0 Å². The SMILES string of the molecule is COCCNCCN(C)CCS(=O)(=O)C(C)C. The number of nitrogens with one attached hydrogen (secondary N) is 1. The van der Waals surface area contributed by atoms with Gasteiger partial charge in [-0.05, 0) is 20.9 Å². The van der Waals surface area contributed by atoms with Gasteiger partial charge in [-0.2, -0.15) is 0 Å². The fraction of sp³-hybridized carbons (Fsp3) is 1.00. The molecule has 1 N–H and O–H groups in total. The van der Waals surface area contributed by atoms with Crippen LogP contribution in [0.15, 0.2) is 0 Å². The van der Waals surface area contributed by atoms with Crippen LogP contribution in [0.5, 0.6) is 0 Å². The molecule has 0 saturated carbocycles. The molecule has 0 aromatic rings. The summed E-state index contributed by atoms with van der Waals surface area (Å²) in [5, 5.41) is 2.94. The van der Waals surface area contributed by atoms with Gasteiger partial charge in [-0.1, -0.05) is 0 Å². The van der Waals surface area contributed by atoms with Crippen molar-refractivity contribution in [3.8, 4) is 0 Å². The molecule has 17 heavy (non-hydrogen) atoms. The van der Waals surface area contributed by atoms with Crippen molar-refractivity contribution in [1.29, 1.82) is 0 Å². The van der Waals surface area contributed by atoms with E-state index in [4.69, 9.17) is 4.74 Å². The predicted octanol–water partition coefficient (Wildman–Crippen LogP) is -0.0226. The van der Waals surface area contributed by atoms with Crippen molar-refractivity contribution < 1.29 is 13.2 Å². The maximum absolute atomic E-state index is 11.6. The maximum Gasteiger partial charge on any atom is 0.153 e. The zero-order valence-electron chi connectivity index (χ0n) is 11.4. The summed E-state index contributed by atoms with van der Waals surface area (Å²) in [6, 6.07) is 0. The monoisotopic (exact) mass is 266 g/mol. The van der Waals surface area contributed by atoms with Crippen molar-refractivity contribution in [3.63, 3.8) is 0 Å². The van der Waals surface area contributed by atoms with E-state index >= 15 is 0 Å². The summed E-state index contributed by atoms with van der Waals surface area (Å²) in [7, 11) is 0.695. The quantitative estimate of drug-likeness (QED) is 0.563. The summed E-state index contributed by atoms with van der Waals surface area (Å²) in [6.07, 6.45) is 0. The van der Waals surface area contributed by atoms with Gasteiger partial charge in [0.15, 0.2) is 9.84 Å². The summed E-state index contributed by atoms with van der Waals surface area (Å²) in [5.74, 6) is 0.235. The first-order valence-electron chi connectivity index (χ1n) is 6.00. The Morgan fingerprint density at radius 2 is 1.88 bits per heavy atom. The van der Waals surface area contributed by atoms with Crippen LogP contribution in [0.3, 0.4) is 0 Å². The topological polar surface area (TPSA) is 58.6 Å². The van der Waals surface area contributed by atoms with Crippen LogP contribution in [-0.4, -0.2) is 71.3 Å². The molecule has 0 amide bonds. The predicted molar refractivity (Wildman–Crippen MR) is 71.2 cm³/mol. The third-order valence-electron chi connectivity index (χ3n) is 2.63. The van der Waals surface area contributed by atoms with E-state index in [1.165, 1.54) is 0 Å². The first kappa shape index (κ1) is 16.8. The van der Waals surface area contributed by atoms with Gasteiger partial charge in [0.05, 0.1) is 17.6 Å². The van der Waals surface area contributed by atoms with Gasteiger partial charge in [0.1, 0.15) is 0 Å². The van der Waals surface area contributed by atoms with Crippen molar-refractivity contribution in [2.75, 3.05) is 52.7 Å². The van der Waals surface area contributed by atoms with E-state index in [1.807, 2.05) is 11.9 Å². The van der Waals surface area contributed by atoms with Crippen LogP contribution in [0.25, 0.3) is 0 Å². The molecule has 0 aromatic carbocycles. The number of rotatable bonds is 10. The van der Waals surface area contributed by atoms with E-state index in [1.54, 1.807) is 21.0 Å². The molecular weight excluding hydrogens is 240 g/mol. The van der Waals surface area contributed by atoms with Gasteiger partial charge in [-0.3, -0.25) is 0 Å². The molecule has 5 nitrogen and oxygen atoms in total. The lowest BCUT2D eigenvalue weighted by molar-refractivity contribution is 0.198. The zero-order valence-corrected chi connectivity index (χ0v) is 12.2. The highest BCUT2D eigenvalue weighted by molar-refractivity contribution is 7.92. The Morgan fingerprint density at radius 3 is 2.41 bits per heavy atom. The molecule has 0 unspecified atom stereocenters. The number of ether oxygens (including phenoxy) is 1. The standard InChI is InChI=1S/C11H26N2O3S/c1-11(2)17(14,15)10-8-13(3)7-5-12-6-9-16-4/h11-12H,5-10H2,1-4H3. The summed E-state index contributed by atoms with van der Waals surface area (Å²) >= 11 is 0. The van der Waals surface area contributed by atoms with Gasteiger partial charge in [-0.15, -0.1) is 0 Å². The number of likely N-dealkylation sites (N-methyl/N-ethyl adjacent to an activating group) is 1. The van der Waals surface area contributed by atoms with Crippen LogP contribution < -0.4 is 5.32 Å². The second-order valence-corrected chi connectivity index (χ2v) is 7.14. The van der Waals surface area contributed by atoms with E-state index < -0.39 is 9.84 Å². The fourth-order valence-electron chi connectivity index (χ4n) is 1.20. The van der Waals surface area contributed by atoms with Crippen molar-refractivity contribution in [3.05, 3.63) is 0 Å². The van der Waals surface area contributed by atoms with E-state index in [9.17, 15) is 8.42 Å². The zero-order chi connectivity index (χ0) is 13.3. The molecule has 0 saturated heterocycles. The van der Waals surface area contributed by atoms with Gasteiger partial charge in [0.2, 0.25) is 0 Å². The van der Waals surface area contributed by atoms with Gasteiger partial charge >= 0.3 is 0 Å². The van der Waals surface area contributed by atoms with Crippen LogP contribution >= 0.6 is 0 Å². The molecule has 0 heterocycles. The molecular formula is C11H26N2O3S. The van der Waals surface area contributed by atoms with E-state index in [2.05, 4.69) is 5.32 Å². The Kier molecular flexibility index (Phi) is 8.77. The molecule has 0 fully saturated rings. The lowest BCUT2D eigenvalue weighted by Crippen LogP contribution is -2.34. The van der Waals surface area contributed by atoms with Crippen LogP contribution in [0.2, 0.25) is 0 Å². The number of sulfone groups is 1. The molecule has 0 radical (unpaired) electrons. The molecule has 0 aliphatic heterocycles. The van der Waals surface area contributed by atoms with Crippen molar-refractivity contribution in [2.24, 2.45) is 0 Å². The highest BCUT2D eigenvalue weighted by Gasteiger charge is 2.16. The van der Waals surface area contributed by atoms with Gasteiger partial charge in [0.25, 0.3) is 0 Å². The first-order valence-corrected chi connectivity index (χ1v) is 7.71. The second kappa shape index (κ2) is 8.85. The lowest BCUT2D eigenvalue weighted by atomic mass is 10.5. The normalized spacial score (nSPS) is 12.6. The molecule has 104 valence electrons. The van der Waals surface area contributed by atoms with Gasteiger partial charge in [-0.25, -0.2) is 8.42 Å². The largest absolute Gasteiger partial charge is 0.383 e. The van der Waals surface area contributed by atoms with E-state index in [0.29, 0.717) is 13.2 Å². The summed E-state index contributed by atoms with van der Waals surface area (Å²) < 4.78 is 28.1. The maximum atomic E-state index is 11.6. The minimum atomic E-state index is -2.91. The average Bonchev–Trinajstić information content (AvgIpc) is 2.26. The highest BCUT2D eigenvalue weighted by Crippen LogP contribution is 2.00. The molecule has 0 aliphatic carbocycles. The first-order chi connectivity index (χ1) is 7.90. The minimum Gasteiger partial charge on any atom is -0.383 e. The van der Waals surface area contributed by atoms with Crippen molar-refractivity contribution >= 4 is 9.84 Å². The average molecular weight is 266 g/mol. The molecule has 0 spiro atoms. The summed E-state index contributed by atoms with van der Waals surface area (Å²) in [4.78, 5) is 2.03. The Bertz CT molecular complexity index is 278. The number of hydrogen-bond donors (Lipinski definition) is 1. The third kappa shape index (κ3) is 8.54. The number of methoxy groups -OCH3 is 1. The Morgan fingerprint density at radius 1 is 1.24 bits per heavy atom. The molecule has 0 atom stereocenters. The molecule has 6 heteroatoms. The summed E-state index contributed by atoms with van der Waals surface area (Å²) in [5.41, 5.74) is 0. The Labute approximate surface area is 105 Å². The Balaban J connectivity index is 3.63. The number of nitrogens with zero attached hydrogens (tertiary/aromatic N) is 1. The Hall–Kier alpha value is -0.170.